The molecule has 1 atom stereocenters. The highest BCUT2D eigenvalue weighted by Gasteiger charge is 2.18. The molecular weight excluding hydrogens is 330 g/mol. The topological polar surface area (TPSA) is 64.6 Å². The number of hydrogen-bond donors (Lipinski definition) is 1. The van der Waals surface area contributed by atoms with Crippen LogP contribution < -0.4 is 10.1 Å². The zero-order valence-electron chi connectivity index (χ0n) is 15.5. The van der Waals surface area contributed by atoms with Crippen LogP contribution in [0.25, 0.3) is 0 Å². The lowest BCUT2D eigenvalue weighted by Crippen LogP contribution is -2.30. The molecule has 0 bridgehead atoms. The zero-order chi connectivity index (χ0) is 18.9. The van der Waals surface area contributed by atoms with E-state index in [9.17, 15) is 9.59 Å². The summed E-state index contributed by atoms with van der Waals surface area (Å²) in [6, 6.07) is 15.1. The fourth-order valence-corrected chi connectivity index (χ4v) is 2.26. The van der Waals surface area contributed by atoms with Crippen molar-refractivity contribution in [2.75, 3.05) is 11.9 Å². The molecular formula is C21H25NO4. The molecule has 5 heteroatoms. The number of rotatable bonds is 8. The van der Waals surface area contributed by atoms with Crippen LogP contribution in [0.15, 0.2) is 48.5 Å². The van der Waals surface area contributed by atoms with E-state index in [2.05, 4.69) is 12.2 Å². The van der Waals surface area contributed by atoms with E-state index in [0.717, 1.165) is 12.0 Å². The first-order valence-corrected chi connectivity index (χ1v) is 8.76. The number of hydrogen-bond acceptors (Lipinski definition) is 4. The number of carbonyl (C=O) groups is 2. The number of aryl methyl sites for hydroxylation is 2. The Morgan fingerprint density at radius 1 is 1.04 bits per heavy atom. The third-order valence-corrected chi connectivity index (χ3v) is 3.90. The van der Waals surface area contributed by atoms with E-state index >= 15 is 0 Å². The fraction of sp³-hybridized carbons (Fsp3) is 0.333. The van der Waals surface area contributed by atoms with Crippen LogP contribution in [0.5, 0.6) is 5.75 Å². The van der Waals surface area contributed by atoms with Crippen LogP contribution in [-0.4, -0.2) is 24.6 Å². The number of carbonyl (C=O) groups excluding carboxylic acids is 2. The van der Waals surface area contributed by atoms with E-state index in [1.807, 2.05) is 55.5 Å². The Kier molecular flexibility index (Phi) is 7.21. The molecule has 0 fully saturated rings. The lowest BCUT2D eigenvalue weighted by Gasteiger charge is -2.14. The highest BCUT2D eigenvalue weighted by atomic mass is 16.5. The van der Waals surface area contributed by atoms with Crippen LogP contribution >= 0.6 is 0 Å². The molecule has 0 aliphatic carbocycles. The summed E-state index contributed by atoms with van der Waals surface area (Å²) in [5, 5.41) is 2.74. The van der Waals surface area contributed by atoms with Gasteiger partial charge < -0.3 is 14.8 Å². The third-order valence-electron chi connectivity index (χ3n) is 3.90. The van der Waals surface area contributed by atoms with E-state index in [1.54, 1.807) is 6.92 Å². The molecule has 1 amide bonds. The van der Waals surface area contributed by atoms with Crippen LogP contribution in [0.4, 0.5) is 5.69 Å². The standard InChI is InChI=1S/C21H25NO4/c1-4-17-7-9-18(10-8-17)22-21(24)16(3)26-20(23)13-14-25-19-11-5-15(2)6-12-19/h5-12,16H,4,13-14H2,1-3H3,(H,22,24)/t16-/m1/s1. The van der Waals surface area contributed by atoms with Crippen molar-refractivity contribution in [3.05, 3.63) is 59.7 Å². The molecule has 2 aromatic carbocycles. The van der Waals surface area contributed by atoms with Crippen LogP contribution in [0.2, 0.25) is 0 Å². The van der Waals surface area contributed by atoms with Crippen molar-refractivity contribution < 1.29 is 19.1 Å². The molecule has 0 heterocycles. The van der Waals surface area contributed by atoms with Crippen molar-refractivity contribution in [1.29, 1.82) is 0 Å². The number of esters is 1. The second kappa shape index (κ2) is 9.61. The Bertz CT molecular complexity index is 723. The molecule has 0 aliphatic heterocycles. The van der Waals surface area contributed by atoms with E-state index in [4.69, 9.17) is 9.47 Å². The second-order valence-corrected chi connectivity index (χ2v) is 6.08. The Morgan fingerprint density at radius 3 is 2.31 bits per heavy atom. The molecule has 0 saturated heterocycles. The number of nitrogens with one attached hydrogen (secondary N) is 1. The largest absolute Gasteiger partial charge is 0.493 e. The van der Waals surface area contributed by atoms with Crippen molar-refractivity contribution in [1.82, 2.24) is 0 Å². The van der Waals surface area contributed by atoms with Crippen molar-refractivity contribution in [3.8, 4) is 5.75 Å². The summed E-state index contributed by atoms with van der Waals surface area (Å²) in [6.45, 7) is 5.81. The lowest BCUT2D eigenvalue weighted by molar-refractivity contribution is -0.153. The smallest absolute Gasteiger partial charge is 0.310 e. The maximum absolute atomic E-state index is 12.1. The van der Waals surface area contributed by atoms with E-state index < -0.39 is 12.1 Å². The first kappa shape index (κ1) is 19.5. The highest BCUT2D eigenvalue weighted by molar-refractivity contribution is 5.95. The Balaban J connectivity index is 1.72. The maximum atomic E-state index is 12.1. The van der Waals surface area contributed by atoms with E-state index in [-0.39, 0.29) is 18.9 Å². The molecule has 0 aromatic heterocycles. The van der Waals surface area contributed by atoms with Gasteiger partial charge in [-0.25, -0.2) is 0 Å². The van der Waals surface area contributed by atoms with Gasteiger partial charge in [0, 0.05) is 5.69 Å². The van der Waals surface area contributed by atoms with Gasteiger partial charge in [-0.05, 0) is 50.1 Å². The highest BCUT2D eigenvalue weighted by Crippen LogP contribution is 2.13. The summed E-state index contributed by atoms with van der Waals surface area (Å²) in [7, 11) is 0. The quantitative estimate of drug-likeness (QED) is 0.730. The molecule has 1 N–H and O–H groups in total. The van der Waals surface area contributed by atoms with Gasteiger partial charge in [-0.1, -0.05) is 36.8 Å². The zero-order valence-corrected chi connectivity index (χ0v) is 15.5. The molecule has 0 spiro atoms. The van der Waals surface area contributed by atoms with E-state index in [0.29, 0.717) is 11.4 Å². The fourth-order valence-electron chi connectivity index (χ4n) is 2.26. The summed E-state index contributed by atoms with van der Waals surface area (Å²) >= 11 is 0. The van der Waals surface area contributed by atoms with Crippen molar-refractivity contribution >= 4 is 17.6 Å². The van der Waals surface area contributed by atoms with Crippen molar-refractivity contribution in [2.24, 2.45) is 0 Å². The SMILES string of the molecule is CCc1ccc(NC(=O)[C@@H](C)OC(=O)CCOc2ccc(C)cc2)cc1. The summed E-state index contributed by atoms with van der Waals surface area (Å²) < 4.78 is 10.6. The van der Waals surface area contributed by atoms with E-state index in [1.165, 1.54) is 5.56 Å². The summed E-state index contributed by atoms with van der Waals surface area (Å²) in [5.74, 6) is -0.132. The average Bonchev–Trinajstić information content (AvgIpc) is 2.64. The minimum absolute atomic E-state index is 0.0801. The van der Waals surface area contributed by atoms with Crippen LogP contribution in [0, 0.1) is 6.92 Å². The van der Waals surface area contributed by atoms with Gasteiger partial charge in [0.1, 0.15) is 5.75 Å². The van der Waals surface area contributed by atoms with Gasteiger partial charge in [-0.2, -0.15) is 0 Å². The van der Waals surface area contributed by atoms with Gasteiger partial charge in [0.2, 0.25) is 0 Å². The van der Waals surface area contributed by atoms with Crippen LogP contribution in [0.1, 0.15) is 31.4 Å². The molecule has 0 unspecified atom stereocenters. The minimum atomic E-state index is -0.868. The lowest BCUT2D eigenvalue weighted by atomic mass is 10.1. The molecule has 0 radical (unpaired) electrons. The van der Waals surface area contributed by atoms with Gasteiger partial charge in [0.25, 0.3) is 5.91 Å². The van der Waals surface area contributed by atoms with Crippen LogP contribution in [0.3, 0.4) is 0 Å². The van der Waals surface area contributed by atoms with Gasteiger partial charge in [-0.3, -0.25) is 9.59 Å². The van der Waals surface area contributed by atoms with Crippen molar-refractivity contribution in [2.45, 2.75) is 39.7 Å². The first-order chi connectivity index (χ1) is 12.5. The molecule has 5 nitrogen and oxygen atoms in total. The van der Waals surface area contributed by atoms with Gasteiger partial charge >= 0.3 is 5.97 Å². The summed E-state index contributed by atoms with van der Waals surface area (Å²) in [6.07, 6.45) is 0.150. The molecule has 2 rings (SSSR count). The predicted octanol–water partition coefficient (Wildman–Crippen LogP) is 3.90. The van der Waals surface area contributed by atoms with Gasteiger partial charge in [0.05, 0.1) is 13.0 Å². The molecule has 26 heavy (non-hydrogen) atoms. The Hall–Kier alpha value is -2.82. The predicted molar refractivity (Wildman–Crippen MR) is 101 cm³/mol. The number of amides is 1. The van der Waals surface area contributed by atoms with Gasteiger partial charge in [0.15, 0.2) is 6.10 Å². The number of benzene rings is 2. The number of ether oxygens (including phenoxy) is 2. The summed E-state index contributed by atoms with van der Waals surface area (Å²) in [4.78, 5) is 24.0. The maximum Gasteiger partial charge on any atom is 0.310 e. The normalized spacial score (nSPS) is 11.5. The molecule has 0 aliphatic rings. The average molecular weight is 355 g/mol. The number of anilines is 1. The summed E-state index contributed by atoms with van der Waals surface area (Å²) in [5.41, 5.74) is 3.01. The monoisotopic (exact) mass is 355 g/mol. The third kappa shape index (κ3) is 6.24. The second-order valence-electron chi connectivity index (χ2n) is 6.08. The molecule has 138 valence electrons. The molecule has 0 saturated carbocycles. The Morgan fingerprint density at radius 2 is 1.69 bits per heavy atom. The van der Waals surface area contributed by atoms with Crippen LogP contribution in [-0.2, 0) is 20.7 Å². The molecule has 2 aromatic rings. The van der Waals surface area contributed by atoms with Crippen molar-refractivity contribution in [3.63, 3.8) is 0 Å². The first-order valence-electron chi connectivity index (χ1n) is 8.76. The Labute approximate surface area is 154 Å². The minimum Gasteiger partial charge on any atom is -0.493 e. The van der Waals surface area contributed by atoms with Gasteiger partial charge in [-0.15, -0.1) is 0 Å².